The molecule has 1 heterocycles. The second kappa shape index (κ2) is 4.49. The summed E-state index contributed by atoms with van der Waals surface area (Å²) in [6.07, 6.45) is 0. The van der Waals surface area contributed by atoms with Crippen molar-refractivity contribution < 1.29 is 4.42 Å². The molecule has 0 amide bonds. The van der Waals surface area contributed by atoms with Gasteiger partial charge >= 0.3 is 0 Å². The lowest BCUT2D eigenvalue weighted by Gasteiger charge is -2.09. The van der Waals surface area contributed by atoms with Gasteiger partial charge in [0.2, 0.25) is 0 Å². The molecule has 1 nitrogen and oxygen atoms in total. The van der Waals surface area contributed by atoms with Gasteiger partial charge in [0, 0.05) is 11.1 Å². The minimum Gasteiger partial charge on any atom is -0.456 e. The van der Waals surface area contributed by atoms with Gasteiger partial charge in [0.25, 0.3) is 0 Å². The van der Waals surface area contributed by atoms with Crippen molar-refractivity contribution in [2.24, 2.45) is 0 Å². The minimum atomic E-state index is 0.926. The van der Waals surface area contributed by atoms with E-state index in [0.717, 1.165) is 17.1 Å². The first kappa shape index (κ1) is 12.2. The SMILES string of the molecule is Cc1ccc(-c2cc(C)c3c4ccccc4cc-3o2)cc1. The summed E-state index contributed by atoms with van der Waals surface area (Å²) < 4.78 is 6.15. The van der Waals surface area contributed by atoms with Gasteiger partial charge in [-0.15, -0.1) is 0 Å². The Kier molecular flexibility index (Phi) is 2.61. The van der Waals surface area contributed by atoms with Crippen molar-refractivity contribution in [3.8, 4) is 22.6 Å². The Morgan fingerprint density at radius 1 is 0.762 bits per heavy atom. The van der Waals surface area contributed by atoms with Gasteiger partial charge in [0.1, 0.15) is 11.5 Å². The normalized spacial score (nSPS) is 11.3. The van der Waals surface area contributed by atoms with E-state index in [1.807, 2.05) is 0 Å². The van der Waals surface area contributed by atoms with Crippen molar-refractivity contribution in [1.82, 2.24) is 0 Å². The van der Waals surface area contributed by atoms with Crippen molar-refractivity contribution in [1.29, 1.82) is 0 Å². The van der Waals surface area contributed by atoms with Gasteiger partial charge in [-0.3, -0.25) is 0 Å². The fraction of sp³-hybridized carbons (Fsp3) is 0.100. The summed E-state index contributed by atoms with van der Waals surface area (Å²) in [6, 6.07) is 21.2. The molecule has 0 saturated carbocycles. The van der Waals surface area contributed by atoms with Crippen molar-refractivity contribution in [2.45, 2.75) is 13.8 Å². The van der Waals surface area contributed by atoms with Crippen molar-refractivity contribution >= 4 is 10.8 Å². The zero-order chi connectivity index (χ0) is 14.4. The van der Waals surface area contributed by atoms with Gasteiger partial charge < -0.3 is 4.42 Å². The maximum Gasteiger partial charge on any atom is 0.136 e. The Balaban J connectivity index is 1.99. The summed E-state index contributed by atoms with van der Waals surface area (Å²) >= 11 is 0. The highest BCUT2D eigenvalue weighted by atomic mass is 16.3. The van der Waals surface area contributed by atoms with Crippen LogP contribution in [0, 0.1) is 13.8 Å². The molecule has 0 N–H and O–H groups in total. The van der Waals surface area contributed by atoms with Crippen LogP contribution in [0.2, 0.25) is 0 Å². The fourth-order valence-electron chi connectivity index (χ4n) is 2.96. The Morgan fingerprint density at radius 3 is 2.33 bits per heavy atom. The van der Waals surface area contributed by atoms with Crippen LogP contribution in [0.5, 0.6) is 0 Å². The molecule has 0 bridgehead atoms. The Morgan fingerprint density at radius 2 is 1.52 bits per heavy atom. The summed E-state index contributed by atoms with van der Waals surface area (Å²) in [6.45, 7) is 4.25. The molecule has 0 radical (unpaired) electrons. The lowest BCUT2D eigenvalue weighted by Crippen LogP contribution is -1.86. The van der Waals surface area contributed by atoms with Gasteiger partial charge in [-0.2, -0.15) is 0 Å². The average Bonchev–Trinajstić information content (AvgIpc) is 2.86. The summed E-state index contributed by atoms with van der Waals surface area (Å²) in [7, 11) is 0. The molecule has 0 atom stereocenters. The quantitative estimate of drug-likeness (QED) is 0.425. The molecule has 2 aromatic rings. The molecule has 4 rings (SSSR count). The van der Waals surface area contributed by atoms with Gasteiger partial charge in [-0.1, -0.05) is 54.1 Å². The summed E-state index contributed by atoms with van der Waals surface area (Å²) in [4.78, 5) is 0. The van der Waals surface area contributed by atoms with E-state index < -0.39 is 0 Å². The van der Waals surface area contributed by atoms with Crippen LogP contribution in [0.3, 0.4) is 0 Å². The van der Waals surface area contributed by atoms with Crippen molar-refractivity contribution in [3.63, 3.8) is 0 Å². The standard InChI is InChI=1S/C20H16O/c1-13-7-9-15(10-8-13)18-11-14(2)20-17-6-4-3-5-16(17)12-19(20)21-18/h3-12H,1-2H3. The van der Waals surface area contributed by atoms with Crippen LogP contribution in [0.15, 0.2) is 65.1 Å². The molecule has 21 heavy (non-hydrogen) atoms. The van der Waals surface area contributed by atoms with E-state index in [1.54, 1.807) is 0 Å². The Labute approximate surface area is 124 Å². The monoisotopic (exact) mass is 272 g/mol. The lowest BCUT2D eigenvalue weighted by atomic mass is 10.0. The molecule has 2 aliphatic rings. The molecule has 1 aliphatic carbocycles. The molecule has 102 valence electrons. The van der Waals surface area contributed by atoms with Gasteiger partial charge in [-0.05, 0) is 42.3 Å². The third-order valence-corrected chi connectivity index (χ3v) is 4.06. The molecule has 1 heteroatoms. The molecule has 1 aliphatic heterocycles. The highest BCUT2D eigenvalue weighted by Crippen LogP contribution is 2.39. The van der Waals surface area contributed by atoms with E-state index in [2.05, 4.69) is 74.5 Å². The Bertz CT molecular complexity index is 897. The number of hydrogen-bond acceptors (Lipinski definition) is 1. The van der Waals surface area contributed by atoms with E-state index in [4.69, 9.17) is 4.42 Å². The molecule has 2 aromatic carbocycles. The molecular formula is C20H16O. The highest BCUT2D eigenvalue weighted by molar-refractivity contribution is 6.02. The van der Waals surface area contributed by atoms with Crippen molar-refractivity contribution in [3.05, 3.63) is 71.8 Å². The van der Waals surface area contributed by atoms with Crippen LogP contribution < -0.4 is 0 Å². The number of rotatable bonds is 1. The van der Waals surface area contributed by atoms with E-state index in [9.17, 15) is 0 Å². The predicted octanol–water partition coefficient (Wildman–Crippen LogP) is 5.82. The zero-order valence-corrected chi connectivity index (χ0v) is 12.2. The highest BCUT2D eigenvalue weighted by Gasteiger charge is 2.16. The van der Waals surface area contributed by atoms with Gasteiger partial charge in [0.05, 0.1) is 0 Å². The van der Waals surface area contributed by atoms with Crippen LogP contribution >= 0.6 is 0 Å². The van der Waals surface area contributed by atoms with E-state index in [0.29, 0.717) is 0 Å². The van der Waals surface area contributed by atoms with E-state index >= 15 is 0 Å². The van der Waals surface area contributed by atoms with Crippen molar-refractivity contribution in [2.75, 3.05) is 0 Å². The van der Waals surface area contributed by atoms with Crippen LogP contribution in [0.4, 0.5) is 0 Å². The molecule has 0 spiro atoms. The lowest BCUT2D eigenvalue weighted by molar-refractivity contribution is 0.582. The summed E-state index contributed by atoms with van der Waals surface area (Å²) in [5.41, 5.74) is 4.86. The smallest absolute Gasteiger partial charge is 0.136 e. The second-order valence-electron chi connectivity index (χ2n) is 5.63. The molecule has 0 fully saturated rings. The predicted molar refractivity (Wildman–Crippen MR) is 87.7 cm³/mol. The first-order chi connectivity index (χ1) is 10.2. The molecule has 0 unspecified atom stereocenters. The first-order valence-corrected chi connectivity index (χ1v) is 7.21. The number of aryl methyl sites for hydroxylation is 2. The fourth-order valence-corrected chi connectivity index (χ4v) is 2.96. The Hall–Kier alpha value is -2.54. The third kappa shape index (κ3) is 1.93. The van der Waals surface area contributed by atoms with Crippen LogP contribution in [-0.4, -0.2) is 0 Å². The topological polar surface area (TPSA) is 13.1 Å². The van der Waals surface area contributed by atoms with Gasteiger partial charge in [0.15, 0.2) is 0 Å². The number of hydrogen-bond donors (Lipinski definition) is 0. The summed E-state index contributed by atoms with van der Waals surface area (Å²) in [5, 5.41) is 2.50. The van der Waals surface area contributed by atoms with Crippen LogP contribution in [-0.2, 0) is 0 Å². The maximum atomic E-state index is 6.15. The van der Waals surface area contributed by atoms with Crippen LogP contribution in [0.25, 0.3) is 33.4 Å². The minimum absolute atomic E-state index is 0.926. The molecule has 0 aromatic heterocycles. The number of benzene rings is 2. The van der Waals surface area contributed by atoms with Gasteiger partial charge in [-0.25, -0.2) is 0 Å². The summed E-state index contributed by atoms with van der Waals surface area (Å²) in [5.74, 6) is 1.89. The van der Waals surface area contributed by atoms with E-state index in [1.165, 1.54) is 27.5 Å². The van der Waals surface area contributed by atoms with E-state index in [-0.39, 0.29) is 0 Å². The molecular weight excluding hydrogens is 256 g/mol. The average molecular weight is 272 g/mol. The maximum absolute atomic E-state index is 6.15. The largest absolute Gasteiger partial charge is 0.456 e. The second-order valence-corrected chi connectivity index (χ2v) is 5.63. The van der Waals surface area contributed by atoms with Crippen LogP contribution in [0.1, 0.15) is 11.1 Å². The third-order valence-electron chi connectivity index (χ3n) is 4.06. The number of fused-ring (bicyclic) bond motifs is 3. The first-order valence-electron chi connectivity index (χ1n) is 7.21. The molecule has 0 saturated heterocycles. The zero-order valence-electron chi connectivity index (χ0n) is 12.2.